The van der Waals surface area contributed by atoms with Gasteiger partial charge in [0, 0.05) is 0 Å². The number of benzene rings is 2. The number of para-hydroxylation sites is 1. The highest BCUT2D eigenvalue weighted by Gasteiger charge is 2.19. The molecular formula is C13H9BrOS. The third-order valence-corrected chi connectivity index (χ3v) is 4.17. The van der Waals surface area contributed by atoms with Gasteiger partial charge in [-0.3, -0.25) is 0 Å². The average Bonchev–Trinajstić information content (AvgIpc) is 2.27. The summed E-state index contributed by atoms with van der Waals surface area (Å²) < 4.78 is 6.90. The van der Waals surface area contributed by atoms with E-state index in [0.29, 0.717) is 0 Å². The van der Waals surface area contributed by atoms with Crippen LogP contribution in [0.25, 0.3) is 0 Å². The van der Waals surface area contributed by atoms with Crippen LogP contribution in [0.2, 0.25) is 0 Å². The summed E-state index contributed by atoms with van der Waals surface area (Å²) in [4.78, 5) is 2.35. The van der Waals surface area contributed by atoms with Crippen molar-refractivity contribution >= 4 is 27.7 Å². The van der Waals surface area contributed by atoms with Gasteiger partial charge in [0.25, 0.3) is 0 Å². The zero-order valence-electron chi connectivity index (χ0n) is 8.66. The normalized spacial score (nSPS) is 12.6. The zero-order chi connectivity index (χ0) is 11.1. The van der Waals surface area contributed by atoms with E-state index in [1.54, 1.807) is 11.8 Å². The van der Waals surface area contributed by atoms with Gasteiger partial charge in [-0.05, 0) is 52.7 Å². The molecule has 16 heavy (non-hydrogen) atoms. The fourth-order valence-electron chi connectivity index (χ4n) is 1.68. The first-order chi connectivity index (χ1) is 7.74. The minimum Gasteiger partial charge on any atom is -0.454 e. The average molecular weight is 293 g/mol. The maximum atomic E-state index is 5.90. The summed E-state index contributed by atoms with van der Waals surface area (Å²) in [5.41, 5.74) is 1.26. The van der Waals surface area contributed by atoms with E-state index in [4.69, 9.17) is 4.74 Å². The van der Waals surface area contributed by atoms with Gasteiger partial charge in [-0.25, -0.2) is 0 Å². The van der Waals surface area contributed by atoms with Crippen molar-refractivity contribution in [1.82, 2.24) is 0 Å². The molecule has 0 saturated carbocycles. The summed E-state index contributed by atoms with van der Waals surface area (Å²) >= 11 is 5.27. The minimum absolute atomic E-state index is 0.920. The Morgan fingerprint density at radius 3 is 2.88 bits per heavy atom. The van der Waals surface area contributed by atoms with E-state index < -0.39 is 0 Å². The molecule has 1 aliphatic rings. The lowest BCUT2D eigenvalue weighted by Crippen LogP contribution is -1.95. The number of hydrogen-bond acceptors (Lipinski definition) is 2. The van der Waals surface area contributed by atoms with Crippen molar-refractivity contribution in [3.8, 4) is 11.5 Å². The standard InChI is InChI=1S/C13H9BrOS/c1-8-5-6-10-12(7-8)16-11-4-2-3-9(14)13(11)15-10/h2-7H,1H3. The first-order valence-electron chi connectivity index (χ1n) is 4.99. The highest BCUT2D eigenvalue weighted by molar-refractivity contribution is 9.10. The van der Waals surface area contributed by atoms with E-state index in [1.807, 2.05) is 18.2 Å². The van der Waals surface area contributed by atoms with Crippen LogP contribution in [0.3, 0.4) is 0 Å². The quantitative estimate of drug-likeness (QED) is 0.576. The molecule has 0 bridgehead atoms. The molecule has 0 amide bonds. The first kappa shape index (κ1) is 10.2. The Morgan fingerprint density at radius 1 is 1.12 bits per heavy atom. The number of hydrogen-bond donors (Lipinski definition) is 0. The Hall–Kier alpha value is -0.930. The third kappa shape index (κ3) is 1.64. The molecular weight excluding hydrogens is 284 g/mol. The van der Waals surface area contributed by atoms with Gasteiger partial charge in [-0.1, -0.05) is 23.9 Å². The molecule has 0 spiro atoms. The zero-order valence-corrected chi connectivity index (χ0v) is 11.1. The molecule has 1 nitrogen and oxygen atoms in total. The summed E-state index contributed by atoms with van der Waals surface area (Å²) in [6.45, 7) is 2.09. The maximum absolute atomic E-state index is 5.90. The largest absolute Gasteiger partial charge is 0.454 e. The third-order valence-electron chi connectivity index (χ3n) is 2.46. The topological polar surface area (TPSA) is 9.23 Å². The van der Waals surface area contributed by atoms with E-state index in [2.05, 4.69) is 41.1 Å². The molecule has 0 fully saturated rings. The van der Waals surface area contributed by atoms with Crippen molar-refractivity contribution in [1.29, 1.82) is 0 Å². The Morgan fingerprint density at radius 2 is 2.00 bits per heavy atom. The smallest absolute Gasteiger partial charge is 0.155 e. The van der Waals surface area contributed by atoms with E-state index in [0.717, 1.165) is 20.9 Å². The second-order valence-corrected chi connectivity index (χ2v) is 5.66. The minimum atomic E-state index is 0.920. The van der Waals surface area contributed by atoms with Crippen molar-refractivity contribution in [3.63, 3.8) is 0 Å². The molecule has 0 radical (unpaired) electrons. The van der Waals surface area contributed by atoms with E-state index in [9.17, 15) is 0 Å². The molecule has 0 aliphatic carbocycles. The molecule has 0 unspecified atom stereocenters. The van der Waals surface area contributed by atoms with Gasteiger partial charge in [0.15, 0.2) is 5.75 Å². The lowest BCUT2D eigenvalue weighted by Gasteiger charge is -2.20. The Labute approximate surface area is 107 Å². The van der Waals surface area contributed by atoms with Crippen LogP contribution in [0.1, 0.15) is 5.56 Å². The van der Waals surface area contributed by atoms with Crippen LogP contribution < -0.4 is 4.74 Å². The fraction of sp³-hybridized carbons (Fsp3) is 0.0769. The van der Waals surface area contributed by atoms with Gasteiger partial charge in [-0.15, -0.1) is 0 Å². The Balaban J connectivity index is 2.13. The van der Waals surface area contributed by atoms with Crippen molar-refractivity contribution in [2.45, 2.75) is 16.7 Å². The highest BCUT2D eigenvalue weighted by Crippen LogP contribution is 2.49. The van der Waals surface area contributed by atoms with Gasteiger partial charge in [0.2, 0.25) is 0 Å². The molecule has 2 aromatic rings. The van der Waals surface area contributed by atoms with Crippen molar-refractivity contribution < 1.29 is 4.74 Å². The molecule has 0 atom stereocenters. The van der Waals surface area contributed by atoms with Crippen molar-refractivity contribution in [3.05, 3.63) is 46.4 Å². The molecule has 3 heteroatoms. The van der Waals surface area contributed by atoms with Gasteiger partial charge in [-0.2, -0.15) is 0 Å². The highest BCUT2D eigenvalue weighted by atomic mass is 79.9. The number of halogens is 1. The second kappa shape index (κ2) is 3.82. The van der Waals surface area contributed by atoms with Crippen LogP contribution in [0.15, 0.2) is 50.7 Å². The van der Waals surface area contributed by atoms with E-state index in [1.165, 1.54) is 10.5 Å². The van der Waals surface area contributed by atoms with E-state index in [-0.39, 0.29) is 0 Å². The summed E-state index contributed by atoms with van der Waals surface area (Å²) in [6, 6.07) is 12.4. The monoisotopic (exact) mass is 292 g/mol. The van der Waals surface area contributed by atoms with Crippen LogP contribution in [0.5, 0.6) is 11.5 Å². The van der Waals surface area contributed by atoms with Gasteiger partial charge >= 0.3 is 0 Å². The predicted octanol–water partition coefficient (Wildman–Crippen LogP) is 5.01. The summed E-state index contributed by atoms with van der Waals surface area (Å²) in [5.74, 6) is 1.86. The Kier molecular flexibility index (Phi) is 2.45. The van der Waals surface area contributed by atoms with Crippen LogP contribution in [0.4, 0.5) is 0 Å². The lowest BCUT2D eigenvalue weighted by atomic mass is 10.2. The van der Waals surface area contributed by atoms with Crippen LogP contribution in [0, 0.1) is 6.92 Å². The van der Waals surface area contributed by atoms with Crippen LogP contribution in [-0.4, -0.2) is 0 Å². The van der Waals surface area contributed by atoms with Gasteiger partial charge in [0.1, 0.15) is 5.75 Å². The number of rotatable bonds is 0. The van der Waals surface area contributed by atoms with Crippen LogP contribution in [-0.2, 0) is 0 Å². The predicted molar refractivity (Wildman–Crippen MR) is 69.5 cm³/mol. The van der Waals surface area contributed by atoms with Gasteiger partial charge in [0.05, 0.1) is 14.3 Å². The maximum Gasteiger partial charge on any atom is 0.155 e. The molecule has 80 valence electrons. The lowest BCUT2D eigenvalue weighted by molar-refractivity contribution is 0.451. The SMILES string of the molecule is Cc1ccc2c(c1)Sc1cccc(Br)c1O2. The van der Waals surface area contributed by atoms with Crippen molar-refractivity contribution in [2.24, 2.45) is 0 Å². The first-order valence-corrected chi connectivity index (χ1v) is 6.60. The number of aryl methyl sites for hydroxylation is 1. The second-order valence-electron chi connectivity index (χ2n) is 3.72. The van der Waals surface area contributed by atoms with E-state index >= 15 is 0 Å². The fourth-order valence-corrected chi connectivity index (χ4v) is 3.34. The molecule has 1 aliphatic heterocycles. The summed E-state index contributed by atoms with van der Waals surface area (Å²) in [5, 5.41) is 0. The van der Waals surface area contributed by atoms with Gasteiger partial charge < -0.3 is 4.74 Å². The number of fused-ring (bicyclic) bond motifs is 2. The molecule has 3 rings (SSSR count). The molecule has 0 saturated heterocycles. The molecule has 0 N–H and O–H groups in total. The summed E-state index contributed by atoms with van der Waals surface area (Å²) in [6.07, 6.45) is 0. The molecule has 1 heterocycles. The molecule has 0 aromatic heterocycles. The number of ether oxygens (including phenoxy) is 1. The Bertz CT molecular complexity index is 566. The molecule has 2 aromatic carbocycles. The van der Waals surface area contributed by atoms with Crippen LogP contribution >= 0.6 is 27.7 Å². The van der Waals surface area contributed by atoms with Crippen molar-refractivity contribution in [2.75, 3.05) is 0 Å². The summed E-state index contributed by atoms with van der Waals surface area (Å²) in [7, 11) is 0.